The Morgan fingerprint density at radius 2 is 1.73 bits per heavy atom. The number of carboxylic acid groups (broad SMARTS) is 3. The predicted octanol–water partition coefficient (Wildman–Crippen LogP) is 2.54. The standard InChI is InChI=1S/C25H35N3O4.C6H8O7/c1-5-30-23-21(13-26-24(27-23)31-6-2)25(29)11-10-19-15-28(16-22(19)25)14-18-8-7-9-20(12-18)32-17(3)4;7-3(8)1-6(13,5(11)12)2-4(9)10/h7-9,12-13,17,19,22,29H,5-6,10-11,14-16H2,1-4H3;13H,1-2H2,(H,7,8)(H,9,10)(H,11,12). The molecule has 2 aliphatic rings. The Bertz CT molecular complexity index is 1320. The van der Waals surface area contributed by atoms with Crippen molar-refractivity contribution >= 4 is 17.9 Å². The second kappa shape index (κ2) is 15.3. The lowest BCUT2D eigenvalue weighted by Crippen LogP contribution is -2.42. The van der Waals surface area contributed by atoms with E-state index in [9.17, 15) is 19.5 Å². The summed E-state index contributed by atoms with van der Waals surface area (Å²) in [6.07, 6.45) is 1.24. The maximum atomic E-state index is 11.8. The van der Waals surface area contributed by atoms with Crippen molar-refractivity contribution in [3.8, 4) is 17.6 Å². The summed E-state index contributed by atoms with van der Waals surface area (Å²) in [4.78, 5) is 41.7. The van der Waals surface area contributed by atoms with Gasteiger partial charge in [0.25, 0.3) is 0 Å². The van der Waals surface area contributed by atoms with E-state index in [1.165, 1.54) is 5.56 Å². The largest absolute Gasteiger partial charge is 0.491 e. The van der Waals surface area contributed by atoms with Gasteiger partial charge in [-0.3, -0.25) is 14.5 Å². The molecule has 2 fully saturated rings. The van der Waals surface area contributed by atoms with Crippen molar-refractivity contribution in [2.24, 2.45) is 11.8 Å². The maximum Gasteiger partial charge on any atom is 0.336 e. The number of aliphatic carboxylic acids is 3. The molecule has 2 heterocycles. The van der Waals surface area contributed by atoms with Gasteiger partial charge in [0.2, 0.25) is 5.88 Å². The van der Waals surface area contributed by atoms with Crippen molar-refractivity contribution in [1.82, 2.24) is 14.9 Å². The van der Waals surface area contributed by atoms with Crippen LogP contribution in [0.5, 0.6) is 17.6 Å². The van der Waals surface area contributed by atoms with E-state index < -0.39 is 42.0 Å². The summed E-state index contributed by atoms with van der Waals surface area (Å²) < 4.78 is 17.1. The Morgan fingerprint density at radius 1 is 1.07 bits per heavy atom. The highest BCUT2D eigenvalue weighted by molar-refractivity contribution is 5.88. The number of benzene rings is 1. The van der Waals surface area contributed by atoms with Crippen LogP contribution in [-0.2, 0) is 26.5 Å². The first-order chi connectivity index (χ1) is 21.2. The lowest BCUT2D eigenvalue weighted by atomic mass is 9.83. The Labute approximate surface area is 261 Å². The van der Waals surface area contributed by atoms with Gasteiger partial charge < -0.3 is 39.7 Å². The number of aliphatic hydroxyl groups is 2. The topological polar surface area (TPSA) is 209 Å². The first-order valence-corrected chi connectivity index (χ1v) is 14.9. The van der Waals surface area contributed by atoms with Crippen LogP contribution in [0.2, 0.25) is 0 Å². The zero-order valence-corrected chi connectivity index (χ0v) is 26.0. The normalized spacial score (nSPS) is 21.0. The van der Waals surface area contributed by atoms with Crippen molar-refractivity contribution in [2.75, 3.05) is 26.3 Å². The highest BCUT2D eigenvalue weighted by atomic mass is 16.5. The maximum absolute atomic E-state index is 11.8. The molecule has 14 nitrogen and oxygen atoms in total. The number of rotatable bonds is 14. The first-order valence-electron chi connectivity index (χ1n) is 14.9. The van der Waals surface area contributed by atoms with E-state index in [0.717, 1.165) is 31.8 Å². The van der Waals surface area contributed by atoms with Gasteiger partial charge in [-0.15, -0.1) is 0 Å². The molecule has 1 aromatic carbocycles. The van der Waals surface area contributed by atoms with Crippen LogP contribution in [0.3, 0.4) is 0 Å². The van der Waals surface area contributed by atoms with E-state index in [2.05, 4.69) is 27.0 Å². The summed E-state index contributed by atoms with van der Waals surface area (Å²) in [5.74, 6) is -3.11. The van der Waals surface area contributed by atoms with Crippen LogP contribution in [-0.4, -0.2) is 96.3 Å². The Balaban J connectivity index is 0.000000360. The third-order valence-electron chi connectivity index (χ3n) is 7.74. The second-order valence-electron chi connectivity index (χ2n) is 11.6. The molecule has 0 amide bonds. The van der Waals surface area contributed by atoms with E-state index in [0.29, 0.717) is 37.0 Å². The van der Waals surface area contributed by atoms with Crippen LogP contribution in [0.25, 0.3) is 0 Å². The molecule has 2 aromatic rings. The summed E-state index contributed by atoms with van der Waals surface area (Å²) in [5.41, 5.74) is -1.81. The van der Waals surface area contributed by atoms with Gasteiger partial charge in [0.1, 0.15) is 11.4 Å². The molecule has 3 unspecified atom stereocenters. The van der Waals surface area contributed by atoms with Gasteiger partial charge in [-0.05, 0) is 64.2 Å². The fraction of sp³-hybridized carbons (Fsp3) is 0.581. The fourth-order valence-electron chi connectivity index (χ4n) is 5.90. The van der Waals surface area contributed by atoms with Crippen molar-refractivity contribution in [3.05, 3.63) is 41.6 Å². The van der Waals surface area contributed by atoms with Gasteiger partial charge in [0.05, 0.1) is 37.7 Å². The third-order valence-corrected chi connectivity index (χ3v) is 7.74. The van der Waals surface area contributed by atoms with E-state index in [4.69, 9.17) is 34.6 Å². The summed E-state index contributed by atoms with van der Waals surface area (Å²) in [6.45, 7) is 11.5. The van der Waals surface area contributed by atoms with Crippen LogP contribution < -0.4 is 14.2 Å². The molecule has 45 heavy (non-hydrogen) atoms. The van der Waals surface area contributed by atoms with Crippen molar-refractivity contribution in [1.29, 1.82) is 0 Å². The highest BCUT2D eigenvalue weighted by Gasteiger charge is 2.54. The van der Waals surface area contributed by atoms with Gasteiger partial charge in [-0.1, -0.05) is 12.1 Å². The highest BCUT2D eigenvalue weighted by Crippen LogP contribution is 2.52. The number of aromatic nitrogens is 2. The Kier molecular flexibility index (Phi) is 12.1. The average molecular weight is 634 g/mol. The molecule has 0 radical (unpaired) electrons. The smallest absolute Gasteiger partial charge is 0.336 e. The summed E-state index contributed by atoms with van der Waals surface area (Å²) in [7, 11) is 0. The molecule has 1 aliphatic heterocycles. The van der Waals surface area contributed by atoms with Crippen LogP contribution >= 0.6 is 0 Å². The third kappa shape index (κ3) is 9.25. The number of likely N-dealkylation sites (tertiary alicyclic amines) is 1. The number of carboxylic acids is 3. The molecule has 5 N–H and O–H groups in total. The molecular formula is C31H43N3O11. The molecule has 3 atom stereocenters. The lowest BCUT2D eigenvalue weighted by Gasteiger charge is -2.31. The molecule has 1 saturated carbocycles. The van der Waals surface area contributed by atoms with E-state index in [-0.39, 0.29) is 18.0 Å². The predicted molar refractivity (Wildman–Crippen MR) is 159 cm³/mol. The van der Waals surface area contributed by atoms with Gasteiger partial charge >= 0.3 is 23.9 Å². The minimum Gasteiger partial charge on any atom is -0.491 e. The molecule has 1 saturated heterocycles. The minimum absolute atomic E-state index is 0.123. The lowest BCUT2D eigenvalue weighted by molar-refractivity contribution is -0.170. The fourth-order valence-corrected chi connectivity index (χ4v) is 5.90. The second-order valence-corrected chi connectivity index (χ2v) is 11.6. The molecule has 4 rings (SSSR count). The number of fused-ring (bicyclic) bond motifs is 1. The molecule has 1 aromatic heterocycles. The number of carbonyl (C=O) groups is 3. The number of nitrogens with zero attached hydrogens (tertiary/aromatic N) is 3. The number of ether oxygens (including phenoxy) is 3. The SMILES string of the molecule is CCOc1ncc(C2(O)CCC3CN(Cc4cccc(OC(C)C)c4)CC32)c(OCC)n1.O=C(O)CC(O)(CC(=O)O)C(=O)O. The van der Waals surface area contributed by atoms with Gasteiger partial charge in [0.15, 0.2) is 5.60 Å². The van der Waals surface area contributed by atoms with Crippen molar-refractivity contribution in [3.63, 3.8) is 0 Å². The zero-order chi connectivity index (χ0) is 33.4. The van der Waals surface area contributed by atoms with Crippen molar-refractivity contribution < 1.29 is 54.1 Å². The van der Waals surface area contributed by atoms with Crippen LogP contribution in [0.15, 0.2) is 30.5 Å². The minimum atomic E-state index is -2.74. The first kappa shape index (κ1) is 35.5. The number of hydrogen-bond acceptors (Lipinski definition) is 11. The number of hydrogen-bond donors (Lipinski definition) is 5. The van der Waals surface area contributed by atoms with Gasteiger partial charge in [-0.2, -0.15) is 4.98 Å². The van der Waals surface area contributed by atoms with Gasteiger partial charge in [-0.25, -0.2) is 9.78 Å². The summed E-state index contributed by atoms with van der Waals surface area (Å²) in [6, 6.07) is 8.59. The monoisotopic (exact) mass is 633 g/mol. The van der Waals surface area contributed by atoms with Crippen molar-refractivity contribution in [2.45, 2.75) is 77.2 Å². The van der Waals surface area contributed by atoms with Crippen LogP contribution in [0.1, 0.15) is 64.5 Å². The van der Waals surface area contributed by atoms with E-state index >= 15 is 0 Å². The molecule has 1 aliphatic carbocycles. The Morgan fingerprint density at radius 3 is 2.31 bits per heavy atom. The Hall–Kier alpha value is -4.01. The van der Waals surface area contributed by atoms with Crippen LogP contribution in [0, 0.1) is 11.8 Å². The van der Waals surface area contributed by atoms with Gasteiger partial charge in [0, 0.05) is 31.7 Å². The zero-order valence-electron chi connectivity index (χ0n) is 26.0. The molecule has 0 bridgehead atoms. The quantitative estimate of drug-likeness (QED) is 0.203. The summed E-state index contributed by atoms with van der Waals surface area (Å²) in [5, 5.41) is 45.7. The molecule has 14 heteroatoms. The van der Waals surface area contributed by atoms with E-state index in [1.807, 2.05) is 39.8 Å². The molecular weight excluding hydrogens is 590 g/mol. The molecule has 0 spiro atoms. The average Bonchev–Trinajstić information content (AvgIpc) is 3.48. The van der Waals surface area contributed by atoms with Crippen LogP contribution in [0.4, 0.5) is 0 Å². The molecule has 248 valence electrons. The summed E-state index contributed by atoms with van der Waals surface area (Å²) >= 11 is 0. The van der Waals surface area contributed by atoms with E-state index in [1.54, 1.807) is 6.20 Å².